The predicted octanol–water partition coefficient (Wildman–Crippen LogP) is 3.43. The summed E-state index contributed by atoms with van der Waals surface area (Å²) in [6, 6.07) is 3.85. The first-order chi connectivity index (χ1) is 7.77. The molecule has 1 rings (SSSR count). The summed E-state index contributed by atoms with van der Waals surface area (Å²) in [4.78, 5) is 0. The van der Waals surface area contributed by atoms with Crippen molar-refractivity contribution in [2.45, 2.75) is 45.1 Å². The van der Waals surface area contributed by atoms with Crippen molar-refractivity contribution in [2.24, 2.45) is 0 Å². The van der Waals surface area contributed by atoms with Crippen LogP contribution in [-0.2, 0) is 5.41 Å². The molecule has 1 N–H and O–H groups in total. The molecule has 17 heavy (non-hydrogen) atoms. The largest absolute Gasteiger partial charge is 0.393 e. The van der Waals surface area contributed by atoms with Crippen LogP contribution in [0.4, 0.5) is 13.2 Å². The van der Waals surface area contributed by atoms with Crippen LogP contribution in [0.5, 0.6) is 0 Å². The van der Waals surface area contributed by atoms with Gasteiger partial charge in [0.15, 0.2) is 0 Å². The molecule has 4 heteroatoms. The lowest BCUT2D eigenvalue weighted by Crippen LogP contribution is -2.35. The SMILES string of the molecule is Cc1ccc(F)cc1C(C)(CC(C)O)C(F)F. The molecule has 0 saturated carbocycles. The number of aliphatic hydroxyl groups excluding tert-OH is 1. The van der Waals surface area contributed by atoms with Crippen LogP contribution in [0.2, 0.25) is 0 Å². The molecule has 0 radical (unpaired) electrons. The van der Waals surface area contributed by atoms with Crippen molar-refractivity contribution in [3.63, 3.8) is 0 Å². The topological polar surface area (TPSA) is 20.2 Å². The van der Waals surface area contributed by atoms with Gasteiger partial charge in [0.25, 0.3) is 0 Å². The highest BCUT2D eigenvalue weighted by Gasteiger charge is 2.39. The number of hydrogen-bond donors (Lipinski definition) is 1. The average molecular weight is 246 g/mol. The Morgan fingerprint density at radius 3 is 2.41 bits per heavy atom. The maximum absolute atomic E-state index is 13.2. The molecule has 0 aromatic heterocycles. The van der Waals surface area contributed by atoms with Crippen molar-refractivity contribution in [1.29, 1.82) is 0 Å². The third-order valence-electron chi connectivity index (χ3n) is 3.02. The zero-order valence-electron chi connectivity index (χ0n) is 10.2. The van der Waals surface area contributed by atoms with Gasteiger partial charge in [0, 0.05) is 0 Å². The third kappa shape index (κ3) is 3.00. The molecule has 2 atom stereocenters. The highest BCUT2D eigenvalue weighted by atomic mass is 19.3. The number of rotatable bonds is 4. The molecule has 0 bridgehead atoms. The van der Waals surface area contributed by atoms with E-state index in [0.717, 1.165) is 6.07 Å². The van der Waals surface area contributed by atoms with E-state index in [1.165, 1.54) is 26.0 Å². The summed E-state index contributed by atoms with van der Waals surface area (Å²) >= 11 is 0. The number of halogens is 3. The van der Waals surface area contributed by atoms with Crippen molar-refractivity contribution in [3.8, 4) is 0 Å². The predicted molar refractivity (Wildman–Crippen MR) is 60.8 cm³/mol. The van der Waals surface area contributed by atoms with Crippen LogP contribution in [0, 0.1) is 12.7 Å². The van der Waals surface area contributed by atoms with E-state index in [1.807, 2.05) is 0 Å². The van der Waals surface area contributed by atoms with Gasteiger partial charge in [-0.1, -0.05) is 6.07 Å². The first-order valence-corrected chi connectivity index (χ1v) is 5.50. The van der Waals surface area contributed by atoms with Crippen LogP contribution < -0.4 is 0 Å². The summed E-state index contributed by atoms with van der Waals surface area (Å²) in [5.41, 5.74) is -0.663. The Bertz CT molecular complexity index is 390. The van der Waals surface area contributed by atoms with Crippen LogP contribution in [-0.4, -0.2) is 17.6 Å². The number of aliphatic hydroxyl groups is 1. The Kier molecular flexibility index (Phi) is 4.20. The van der Waals surface area contributed by atoms with Gasteiger partial charge in [-0.05, 0) is 50.5 Å². The van der Waals surface area contributed by atoms with Gasteiger partial charge in [-0.15, -0.1) is 0 Å². The Morgan fingerprint density at radius 1 is 1.35 bits per heavy atom. The van der Waals surface area contributed by atoms with Crippen molar-refractivity contribution in [2.75, 3.05) is 0 Å². The van der Waals surface area contributed by atoms with Gasteiger partial charge < -0.3 is 5.11 Å². The van der Waals surface area contributed by atoms with E-state index >= 15 is 0 Å². The standard InChI is InChI=1S/C13H17F3O/c1-8-4-5-10(14)6-11(8)13(3,12(15)16)7-9(2)17/h4-6,9,12,17H,7H2,1-3H3. The molecule has 96 valence electrons. The fourth-order valence-corrected chi connectivity index (χ4v) is 2.14. The minimum Gasteiger partial charge on any atom is -0.393 e. The van der Waals surface area contributed by atoms with Gasteiger partial charge in [0.1, 0.15) is 5.82 Å². The van der Waals surface area contributed by atoms with E-state index in [0.29, 0.717) is 5.56 Å². The molecule has 1 aromatic carbocycles. The molecular formula is C13H17F3O. The summed E-state index contributed by atoms with van der Waals surface area (Å²) < 4.78 is 39.6. The van der Waals surface area contributed by atoms with Crippen molar-refractivity contribution in [3.05, 3.63) is 35.1 Å². The lowest BCUT2D eigenvalue weighted by molar-refractivity contribution is 0.0256. The molecule has 0 aliphatic heterocycles. The Morgan fingerprint density at radius 2 is 1.94 bits per heavy atom. The summed E-state index contributed by atoms with van der Waals surface area (Å²) in [5.74, 6) is -0.539. The Balaban J connectivity index is 3.26. The number of aryl methyl sites for hydroxylation is 1. The molecule has 2 unspecified atom stereocenters. The van der Waals surface area contributed by atoms with Crippen molar-refractivity contribution < 1.29 is 18.3 Å². The van der Waals surface area contributed by atoms with E-state index in [9.17, 15) is 18.3 Å². The molecule has 0 saturated heterocycles. The van der Waals surface area contributed by atoms with Crippen LogP contribution in [0.1, 0.15) is 31.4 Å². The highest BCUT2D eigenvalue weighted by molar-refractivity contribution is 5.34. The quantitative estimate of drug-likeness (QED) is 0.863. The van der Waals surface area contributed by atoms with Crippen LogP contribution in [0.15, 0.2) is 18.2 Å². The maximum Gasteiger partial charge on any atom is 0.248 e. The zero-order chi connectivity index (χ0) is 13.2. The fraction of sp³-hybridized carbons (Fsp3) is 0.538. The van der Waals surface area contributed by atoms with Gasteiger partial charge in [-0.3, -0.25) is 0 Å². The number of benzene rings is 1. The Labute approximate surface area is 99.3 Å². The monoisotopic (exact) mass is 246 g/mol. The van der Waals surface area contributed by atoms with E-state index in [2.05, 4.69) is 0 Å². The second kappa shape index (κ2) is 5.08. The van der Waals surface area contributed by atoms with Gasteiger partial charge >= 0.3 is 0 Å². The molecule has 0 spiro atoms. The normalized spacial score (nSPS) is 16.9. The van der Waals surface area contributed by atoms with Crippen LogP contribution >= 0.6 is 0 Å². The second-order valence-corrected chi connectivity index (χ2v) is 4.73. The first kappa shape index (κ1) is 14.0. The summed E-state index contributed by atoms with van der Waals surface area (Å²) in [7, 11) is 0. The van der Waals surface area contributed by atoms with E-state index in [1.54, 1.807) is 6.92 Å². The van der Waals surface area contributed by atoms with E-state index in [4.69, 9.17) is 0 Å². The smallest absolute Gasteiger partial charge is 0.248 e. The van der Waals surface area contributed by atoms with Gasteiger partial charge in [-0.25, -0.2) is 13.2 Å². The molecule has 1 aromatic rings. The molecule has 0 aliphatic carbocycles. The van der Waals surface area contributed by atoms with Gasteiger partial charge in [0.2, 0.25) is 6.43 Å². The van der Waals surface area contributed by atoms with E-state index < -0.39 is 23.8 Å². The molecule has 1 nitrogen and oxygen atoms in total. The molecule has 0 fully saturated rings. The van der Waals surface area contributed by atoms with Gasteiger partial charge in [0.05, 0.1) is 11.5 Å². The number of hydrogen-bond acceptors (Lipinski definition) is 1. The van der Waals surface area contributed by atoms with Crippen molar-refractivity contribution >= 4 is 0 Å². The lowest BCUT2D eigenvalue weighted by Gasteiger charge is -2.32. The molecular weight excluding hydrogens is 229 g/mol. The minimum absolute atomic E-state index is 0.102. The average Bonchev–Trinajstić information content (AvgIpc) is 2.20. The van der Waals surface area contributed by atoms with Gasteiger partial charge in [-0.2, -0.15) is 0 Å². The summed E-state index contributed by atoms with van der Waals surface area (Å²) in [6.45, 7) is 4.47. The zero-order valence-corrected chi connectivity index (χ0v) is 10.2. The molecule has 0 aliphatic rings. The fourth-order valence-electron chi connectivity index (χ4n) is 2.14. The van der Waals surface area contributed by atoms with Crippen LogP contribution in [0.25, 0.3) is 0 Å². The van der Waals surface area contributed by atoms with Crippen LogP contribution in [0.3, 0.4) is 0 Å². The number of alkyl halides is 2. The highest BCUT2D eigenvalue weighted by Crippen LogP contribution is 2.37. The van der Waals surface area contributed by atoms with Crippen molar-refractivity contribution in [1.82, 2.24) is 0 Å². The van der Waals surface area contributed by atoms with E-state index in [-0.39, 0.29) is 12.0 Å². The third-order valence-corrected chi connectivity index (χ3v) is 3.02. The lowest BCUT2D eigenvalue weighted by atomic mass is 9.76. The summed E-state index contributed by atoms with van der Waals surface area (Å²) in [5, 5.41) is 9.33. The minimum atomic E-state index is -2.66. The summed E-state index contributed by atoms with van der Waals surface area (Å²) in [6.07, 6.45) is -3.62. The molecule has 0 amide bonds. The first-order valence-electron chi connectivity index (χ1n) is 5.50. The Hall–Kier alpha value is -1.03. The maximum atomic E-state index is 13.2. The second-order valence-electron chi connectivity index (χ2n) is 4.73. The molecule has 0 heterocycles.